The predicted octanol–water partition coefficient (Wildman–Crippen LogP) is 1.44. The maximum atomic E-state index is 5.34. The second-order valence-electron chi connectivity index (χ2n) is 4.02. The number of likely N-dealkylation sites (N-methyl/N-ethyl adjacent to an activating group) is 1. The van der Waals surface area contributed by atoms with Gasteiger partial charge in [0.15, 0.2) is 0 Å². The van der Waals surface area contributed by atoms with E-state index >= 15 is 0 Å². The number of anilines is 2. The molecule has 2 aromatic rings. The predicted molar refractivity (Wildman–Crippen MR) is 73.3 cm³/mol. The highest BCUT2D eigenvalue weighted by Crippen LogP contribution is 2.12. The summed E-state index contributed by atoms with van der Waals surface area (Å²) in [5.41, 5.74) is 3.63. The number of pyridine rings is 2. The third-order valence-corrected chi connectivity index (χ3v) is 2.70. The quantitative estimate of drug-likeness (QED) is 0.614. The Bertz CT molecular complexity index is 486. The molecule has 0 saturated heterocycles. The lowest BCUT2D eigenvalue weighted by atomic mass is 10.2. The van der Waals surface area contributed by atoms with Crippen molar-refractivity contribution in [3.8, 4) is 0 Å². The molecule has 18 heavy (non-hydrogen) atoms. The highest BCUT2D eigenvalue weighted by molar-refractivity contribution is 5.45. The van der Waals surface area contributed by atoms with Gasteiger partial charge in [-0.2, -0.15) is 0 Å². The first kappa shape index (κ1) is 12.3. The van der Waals surface area contributed by atoms with Crippen LogP contribution < -0.4 is 16.2 Å². The van der Waals surface area contributed by atoms with Crippen LogP contribution in [0, 0.1) is 0 Å². The SMILES string of the molecule is CN(CCc1ccccn1)c1cccc(NN)n1. The van der Waals surface area contributed by atoms with Gasteiger partial charge in [-0.1, -0.05) is 12.1 Å². The summed E-state index contributed by atoms with van der Waals surface area (Å²) in [6.45, 7) is 0.859. The number of hydrogen-bond acceptors (Lipinski definition) is 5. The second kappa shape index (κ2) is 5.97. The summed E-state index contributed by atoms with van der Waals surface area (Å²) in [4.78, 5) is 10.8. The zero-order chi connectivity index (χ0) is 12.8. The van der Waals surface area contributed by atoms with E-state index < -0.39 is 0 Å². The smallest absolute Gasteiger partial charge is 0.142 e. The van der Waals surface area contributed by atoms with Crippen molar-refractivity contribution >= 4 is 11.6 Å². The summed E-state index contributed by atoms with van der Waals surface area (Å²) in [7, 11) is 2.01. The van der Waals surface area contributed by atoms with Crippen LogP contribution in [0.15, 0.2) is 42.6 Å². The van der Waals surface area contributed by atoms with Crippen LogP contribution in [0.2, 0.25) is 0 Å². The van der Waals surface area contributed by atoms with Gasteiger partial charge < -0.3 is 10.3 Å². The number of nitrogens with one attached hydrogen (secondary N) is 1. The van der Waals surface area contributed by atoms with Crippen LogP contribution in [-0.4, -0.2) is 23.6 Å². The molecule has 5 nitrogen and oxygen atoms in total. The van der Waals surface area contributed by atoms with Crippen molar-refractivity contribution in [3.05, 3.63) is 48.3 Å². The molecule has 2 rings (SSSR count). The summed E-state index contributed by atoms with van der Waals surface area (Å²) in [5.74, 6) is 6.90. The number of hydrogen-bond donors (Lipinski definition) is 2. The standard InChI is InChI=1S/C13H17N5/c1-18(10-8-11-5-2-3-9-15-11)13-7-4-6-12(16-13)17-14/h2-7,9H,8,10,14H2,1H3,(H,16,17). The summed E-state index contributed by atoms with van der Waals surface area (Å²) in [5, 5.41) is 0. The fraction of sp³-hybridized carbons (Fsp3) is 0.231. The summed E-state index contributed by atoms with van der Waals surface area (Å²) >= 11 is 0. The van der Waals surface area contributed by atoms with Crippen LogP contribution in [0.25, 0.3) is 0 Å². The average molecular weight is 243 g/mol. The van der Waals surface area contributed by atoms with Gasteiger partial charge in [-0.15, -0.1) is 0 Å². The molecule has 0 bridgehead atoms. The minimum absolute atomic E-state index is 0.664. The molecule has 0 aliphatic heterocycles. The van der Waals surface area contributed by atoms with Crippen molar-refractivity contribution in [2.45, 2.75) is 6.42 Å². The highest BCUT2D eigenvalue weighted by Gasteiger charge is 2.03. The summed E-state index contributed by atoms with van der Waals surface area (Å²) in [6.07, 6.45) is 2.70. The maximum Gasteiger partial charge on any atom is 0.142 e. The molecule has 2 heterocycles. The first-order valence-electron chi connectivity index (χ1n) is 5.84. The van der Waals surface area contributed by atoms with Gasteiger partial charge in [0, 0.05) is 31.9 Å². The molecular weight excluding hydrogens is 226 g/mol. The Balaban J connectivity index is 1.97. The molecular formula is C13H17N5. The van der Waals surface area contributed by atoms with Gasteiger partial charge in [-0.3, -0.25) is 4.98 Å². The molecule has 0 radical (unpaired) electrons. The molecule has 0 unspecified atom stereocenters. The Morgan fingerprint density at radius 3 is 2.83 bits per heavy atom. The van der Waals surface area contributed by atoms with Crippen molar-refractivity contribution in [2.75, 3.05) is 23.9 Å². The van der Waals surface area contributed by atoms with E-state index in [1.807, 2.05) is 49.6 Å². The molecule has 0 aliphatic carbocycles. The van der Waals surface area contributed by atoms with Crippen molar-refractivity contribution in [1.29, 1.82) is 0 Å². The van der Waals surface area contributed by atoms with E-state index in [0.717, 1.165) is 24.5 Å². The lowest BCUT2D eigenvalue weighted by molar-refractivity contribution is 0.839. The molecule has 0 saturated carbocycles. The normalized spacial score (nSPS) is 10.1. The van der Waals surface area contributed by atoms with Crippen LogP contribution in [0.4, 0.5) is 11.6 Å². The monoisotopic (exact) mass is 243 g/mol. The van der Waals surface area contributed by atoms with Gasteiger partial charge in [0.25, 0.3) is 0 Å². The minimum Gasteiger partial charge on any atom is -0.359 e. The van der Waals surface area contributed by atoms with Crippen molar-refractivity contribution in [1.82, 2.24) is 9.97 Å². The lowest BCUT2D eigenvalue weighted by Gasteiger charge is -2.18. The van der Waals surface area contributed by atoms with E-state index in [1.54, 1.807) is 0 Å². The van der Waals surface area contributed by atoms with E-state index in [-0.39, 0.29) is 0 Å². The van der Waals surface area contributed by atoms with E-state index in [2.05, 4.69) is 20.3 Å². The number of nitrogen functional groups attached to an aromatic ring is 1. The third kappa shape index (κ3) is 3.18. The largest absolute Gasteiger partial charge is 0.359 e. The molecule has 2 aromatic heterocycles. The molecule has 0 fully saturated rings. The lowest BCUT2D eigenvalue weighted by Crippen LogP contribution is -2.22. The molecule has 0 atom stereocenters. The van der Waals surface area contributed by atoms with Crippen molar-refractivity contribution < 1.29 is 0 Å². The number of aromatic nitrogens is 2. The first-order valence-corrected chi connectivity index (χ1v) is 5.84. The zero-order valence-electron chi connectivity index (χ0n) is 10.4. The fourth-order valence-electron chi connectivity index (χ4n) is 1.66. The Labute approximate surface area is 107 Å². The van der Waals surface area contributed by atoms with Gasteiger partial charge in [0.05, 0.1) is 0 Å². The van der Waals surface area contributed by atoms with E-state index in [0.29, 0.717) is 5.82 Å². The molecule has 0 amide bonds. The second-order valence-corrected chi connectivity index (χ2v) is 4.02. The van der Waals surface area contributed by atoms with Crippen LogP contribution >= 0.6 is 0 Å². The number of hydrazine groups is 1. The molecule has 0 aromatic carbocycles. The van der Waals surface area contributed by atoms with Crippen LogP contribution in [0.1, 0.15) is 5.69 Å². The minimum atomic E-state index is 0.664. The number of nitrogens with zero attached hydrogens (tertiary/aromatic N) is 3. The van der Waals surface area contributed by atoms with Crippen LogP contribution in [-0.2, 0) is 6.42 Å². The van der Waals surface area contributed by atoms with Gasteiger partial charge in [0.2, 0.25) is 0 Å². The van der Waals surface area contributed by atoms with Crippen LogP contribution in [0.5, 0.6) is 0 Å². The Morgan fingerprint density at radius 1 is 1.22 bits per heavy atom. The Kier molecular flexibility index (Phi) is 4.09. The summed E-state index contributed by atoms with van der Waals surface area (Å²) < 4.78 is 0. The third-order valence-electron chi connectivity index (χ3n) is 2.70. The van der Waals surface area contributed by atoms with E-state index in [1.165, 1.54) is 0 Å². The molecule has 5 heteroatoms. The van der Waals surface area contributed by atoms with Gasteiger partial charge in [-0.25, -0.2) is 10.8 Å². The number of rotatable bonds is 5. The molecule has 0 spiro atoms. The molecule has 3 N–H and O–H groups in total. The van der Waals surface area contributed by atoms with Crippen LogP contribution in [0.3, 0.4) is 0 Å². The number of nitrogens with two attached hydrogens (primary N) is 1. The Hall–Kier alpha value is -2.14. The van der Waals surface area contributed by atoms with Crippen molar-refractivity contribution in [3.63, 3.8) is 0 Å². The first-order chi connectivity index (χ1) is 8.79. The fourth-order valence-corrected chi connectivity index (χ4v) is 1.66. The van der Waals surface area contributed by atoms with Crippen molar-refractivity contribution in [2.24, 2.45) is 5.84 Å². The van der Waals surface area contributed by atoms with E-state index in [9.17, 15) is 0 Å². The van der Waals surface area contributed by atoms with Gasteiger partial charge in [-0.05, 0) is 24.3 Å². The van der Waals surface area contributed by atoms with Gasteiger partial charge >= 0.3 is 0 Å². The topological polar surface area (TPSA) is 67.1 Å². The zero-order valence-corrected chi connectivity index (χ0v) is 10.4. The Morgan fingerprint density at radius 2 is 2.11 bits per heavy atom. The molecule has 94 valence electrons. The highest BCUT2D eigenvalue weighted by atomic mass is 15.3. The summed E-state index contributed by atoms with van der Waals surface area (Å²) in [6, 6.07) is 11.7. The molecule has 0 aliphatic rings. The average Bonchev–Trinajstić information content (AvgIpc) is 2.46. The van der Waals surface area contributed by atoms with E-state index in [4.69, 9.17) is 5.84 Å². The van der Waals surface area contributed by atoms with Gasteiger partial charge in [0.1, 0.15) is 11.6 Å². The maximum absolute atomic E-state index is 5.34.